The Morgan fingerprint density at radius 1 is 0.350 bits per heavy atom. The highest BCUT2D eigenvalue weighted by Crippen LogP contribution is 2.14. The molecule has 1 unspecified atom stereocenters. The molecule has 0 aromatic carbocycles. The SMILES string of the molecule is CC/C=C\C/C=C\CCCCCCCCCC(=O)OC(COC(=O)CCC/C=C\C/C=C\C/C=C\CCCCCCCC)COC(=O)CCCCCCCCCCCCC. The van der Waals surface area contributed by atoms with Crippen molar-refractivity contribution in [2.24, 2.45) is 0 Å². The number of unbranched alkanes of at least 4 members (excludes halogenated alkanes) is 24. The van der Waals surface area contributed by atoms with Gasteiger partial charge in [-0.3, -0.25) is 14.4 Å². The van der Waals surface area contributed by atoms with E-state index < -0.39 is 6.10 Å². The van der Waals surface area contributed by atoms with Crippen LogP contribution in [0, 0.1) is 0 Å². The average molecular weight is 839 g/mol. The van der Waals surface area contributed by atoms with Crippen LogP contribution in [0.2, 0.25) is 0 Å². The fraction of sp³-hybridized carbons (Fsp3) is 0.759. The van der Waals surface area contributed by atoms with Crippen molar-refractivity contribution < 1.29 is 28.6 Å². The number of rotatable bonds is 45. The first-order valence-electron chi connectivity index (χ1n) is 25.3. The maximum Gasteiger partial charge on any atom is 0.306 e. The van der Waals surface area contributed by atoms with Crippen LogP contribution in [0.3, 0.4) is 0 Å². The predicted octanol–water partition coefficient (Wildman–Crippen LogP) is 16.5. The van der Waals surface area contributed by atoms with Gasteiger partial charge in [0, 0.05) is 19.3 Å². The summed E-state index contributed by atoms with van der Waals surface area (Å²) in [4.78, 5) is 37.9. The van der Waals surface area contributed by atoms with Gasteiger partial charge in [-0.2, -0.15) is 0 Å². The Labute approximate surface area is 370 Å². The monoisotopic (exact) mass is 839 g/mol. The molecule has 6 heteroatoms. The molecular formula is C54H94O6. The second kappa shape index (κ2) is 48.8. The van der Waals surface area contributed by atoms with E-state index in [4.69, 9.17) is 14.2 Å². The highest BCUT2D eigenvalue weighted by molar-refractivity contribution is 5.71. The normalized spacial score (nSPS) is 12.5. The summed E-state index contributed by atoms with van der Waals surface area (Å²) < 4.78 is 16.7. The van der Waals surface area contributed by atoms with E-state index in [1.54, 1.807) is 0 Å². The third kappa shape index (κ3) is 46.2. The molecule has 0 aliphatic rings. The first-order chi connectivity index (χ1) is 29.5. The molecule has 0 saturated carbocycles. The summed E-state index contributed by atoms with van der Waals surface area (Å²) in [5.74, 6) is -0.953. The summed E-state index contributed by atoms with van der Waals surface area (Å²) in [5, 5.41) is 0. The Balaban J connectivity index is 4.44. The molecule has 0 N–H and O–H groups in total. The van der Waals surface area contributed by atoms with Crippen molar-refractivity contribution in [3.05, 3.63) is 60.8 Å². The standard InChI is InChI=1S/C54H94O6/c1-4-7-10-13-16-19-22-24-26-27-28-30-32-35-38-41-44-47-53(56)59-50-51(49-58-52(55)46-43-40-37-34-31-21-18-15-12-9-6-3)60-54(57)48-45-42-39-36-33-29-25-23-20-17-14-11-8-5-2/h8,11,17,20,24,26,28,30,35,38,51H,4-7,9-10,12-16,18-19,21-23,25,27,29,31-34,36-37,39-50H2,1-3H3/b11-8-,20-17-,26-24-,30-28-,38-35-. The van der Waals surface area contributed by atoms with Crippen molar-refractivity contribution in [1.29, 1.82) is 0 Å². The van der Waals surface area contributed by atoms with Gasteiger partial charge in [0.1, 0.15) is 13.2 Å². The van der Waals surface area contributed by atoms with Crippen LogP contribution in [-0.2, 0) is 28.6 Å². The van der Waals surface area contributed by atoms with Crippen LogP contribution >= 0.6 is 0 Å². The van der Waals surface area contributed by atoms with E-state index in [1.165, 1.54) is 122 Å². The van der Waals surface area contributed by atoms with E-state index in [1.807, 2.05) is 0 Å². The molecule has 0 bridgehead atoms. The zero-order chi connectivity index (χ0) is 43.7. The van der Waals surface area contributed by atoms with Crippen LogP contribution in [-0.4, -0.2) is 37.2 Å². The first kappa shape index (κ1) is 57.1. The van der Waals surface area contributed by atoms with Gasteiger partial charge in [-0.05, 0) is 77.0 Å². The molecule has 0 amide bonds. The molecule has 0 heterocycles. The fourth-order valence-corrected chi connectivity index (χ4v) is 6.97. The van der Waals surface area contributed by atoms with Crippen LogP contribution in [0.4, 0.5) is 0 Å². The third-order valence-electron chi connectivity index (χ3n) is 10.8. The zero-order valence-electron chi connectivity index (χ0n) is 39.5. The first-order valence-corrected chi connectivity index (χ1v) is 25.3. The number of allylic oxidation sites excluding steroid dienone is 10. The average Bonchev–Trinajstić information content (AvgIpc) is 3.24. The van der Waals surface area contributed by atoms with Crippen molar-refractivity contribution in [1.82, 2.24) is 0 Å². The lowest BCUT2D eigenvalue weighted by atomic mass is 10.1. The molecule has 0 aromatic rings. The van der Waals surface area contributed by atoms with E-state index in [9.17, 15) is 14.4 Å². The number of carbonyl (C=O) groups excluding carboxylic acids is 3. The lowest BCUT2D eigenvalue weighted by molar-refractivity contribution is -0.167. The van der Waals surface area contributed by atoms with Crippen LogP contribution in [0.15, 0.2) is 60.8 Å². The van der Waals surface area contributed by atoms with E-state index in [2.05, 4.69) is 81.5 Å². The molecule has 0 fully saturated rings. The van der Waals surface area contributed by atoms with Crippen molar-refractivity contribution in [3.8, 4) is 0 Å². The summed E-state index contributed by atoms with van der Waals surface area (Å²) in [6.45, 7) is 6.47. The second-order valence-electron chi connectivity index (χ2n) is 16.7. The molecule has 60 heavy (non-hydrogen) atoms. The van der Waals surface area contributed by atoms with Crippen molar-refractivity contribution in [2.75, 3.05) is 13.2 Å². The summed E-state index contributed by atoms with van der Waals surface area (Å²) in [6.07, 6.45) is 59.2. The Hall–Kier alpha value is -2.89. The number of hydrogen-bond acceptors (Lipinski definition) is 6. The van der Waals surface area contributed by atoms with Crippen molar-refractivity contribution in [2.45, 2.75) is 252 Å². The van der Waals surface area contributed by atoms with Crippen LogP contribution in [0.5, 0.6) is 0 Å². The largest absolute Gasteiger partial charge is 0.462 e. The Bertz CT molecular complexity index is 1100. The highest BCUT2D eigenvalue weighted by Gasteiger charge is 2.19. The minimum absolute atomic E-state index is 0.0916. The van der Waals surface area contributed by atoms with E-state index >= 15 is 0 Å². The van der Waals surface area contributed by atoms with Crippen LogP contribution in [0.1, 0.15) is 245 Å². The quantitative estimate of drug-likeness (QED) is 0.0263. The fourth-order valence-electron chi connectivity index (χ4n) is 6.97. The molecule has 0 saturated heterocycles. The van der Waals surface area contributed by atoms with Crippen molar-refractivity contribution in [3.63, 3.8) is 0 Å². The van der Waals surface area contributed by atoms with Gasteiger partial charge in [-0.25, -0.2) is 0 Å². The molecule has 0 radical (unpaired) electrons. The molecule has 346 valence electrons. The third-order valence-corrected chi connectivity index (χ3v) is 10.8. The van der Waals surface area contributed by atoms with Gasteiger partial charge < -0.3 is 14.2 Å². The Morgan fingerprint density at radius 2 is 0.667 bits per heavy atom. The number of ether oxygens (including phenoxy) is 3. The Kier molecular flexibility index (Phi) is 46.4. The minimum atomic E-state index is -0.795. The molecule has 1 atom stereocenters. The summed E-state index contributed by atoms with van der Waals surface area (Å²) in [5.41, 5.74) is 0. The van der Waals surface area contributed by atoms with Gasteiger partial charge in [0.25, 0.3) is 0 Å². The van der Waals surface area contributed by atoms with Gasteiger partial charge in [-0.1, -0.05) is 210 Å². The molecule has 0 aromatic heterocycles. The van der Waals surface area contributed by atoms with E-state index in [0.29, 0.717) is 19.3 Å². The molecule has 0 rings (SSSR count). The highest BCUT2D eigenvalue weighted by atomic mass is 16.6. The molecular weight excluding hydrogens is 745 g/mol. The molecule has 6 nitrogen and oxygen atoms in total. The van der Waals surface area contributed by atoms with Crippen LogP contribution in [0.25, 0.3) is 0 Å². The van der Waals surface area contributed by atoms with Gasteiger partial charge in [0.15, 0.2) is 6.10 Å². The zero-order valence-corrected chi connectivity index (χ0v) is 39.5. The van der Waals surface area contributed by atoms with Gasteiger partial charge in [0.2, 0.25) is 0 Å². The summed E-state index contributed by atoms with van der Waals surface area (Å²) >= 11 is 0. The number of esters is 3. The van der Waals surface area contributed by atoms with Gasteiger partial charge in [-0.15, -0.1) is 0 Å². The number of carbonyl (C=O) groups is 3. The van der Waals surface area contributed by atoms with E-state index in [0.717, 1.165) is 77.0 Å². The maximum atomic E-state index is 12.8. The van der Waals surface area contributed by atoms with Crippen LogP contribution < -0.4 is 0 Å². The summed E-state index contributed by atoms with van der Waals surface area (Å²) in [7, 11) is 0. The minimum Gasteiger partial charge on any atom is -0.462 e. The van der Waals surface area contributed by atoms with Crippen molar-refractivity contribution >= 4 is 17.9 Å². The lowest BCUT2D eigenvalue weighted by Gasteiger charge is -2.18. The lowest BCUT2D eigenvalue weighted by Crippen LogP contribution is -2.30. The molecule has 0 spiro atoms. The molecule has 0 aliphatic heterocycles. The molecule has 0 aliphatic carbocycles. The summed E-state index contributed by atoms with van der Waals surface area (Å²) in [6, 6.07) is 0. The Morgan fingerprint density at radius 3 is 1.08 bits per heavy atom. The van der Waals surface area contributed by atoms with Gasteiger partial charge >= 0.3 is 17.9 Å². The number of hydrogen-bond donors (Lipinski definition) is 0. The second-order valence-corrected chi connectivity index (χ2v) is 16.7. The predicted molar refractivity (Wildman–Crippen MR) is 256 cm³/mol. The maximum absolute atomic E-state index is 12.8. The van der Waals surface area contributed by atoms with Gasteiger partial charge in [0.05, 0.1) is 0 Å². The topological polar surface area (TPSA) is 78.9 Å². The smallest absolute Gasteiger partial charge is 0.306 e. The van der Waals surface area contributed by atoms with E-state index in [-0.39, 0.29) is 37.5 Å².